The van der Waals surface area contributed by atoms with Crippen molar-refractivity contribution in [3.8, 4) is 0 Å². The van der Waals surface area contributed by atoms with Gasteiger partial charge in [-0.25, -0.2) is 4.98 Å². The van der Waals surface area contributed by atoms with Gasteiger partial charge >= 0.3 is 0 Å². The summed E-state index contributed by atoms with van der Waals surface area (Å²) >= 11 is 1.77. The summed E-state index contributed by atoms with van der Waals surface area (Å²) in [6, 6.07) is 15.1. The number of nitrogens with zero attached hydrogens (tertiary/aromatic N) is 3. The molecule has 0 saturated heterocycles. The fourth-order valence-electron chi connectivity index (χ4n) is 3.04. The van der Waals surface area contributed by atoms with E-state index in [1.807, 2.05) is 30.3 Å². The highest BCUT2D eigenvalue weighted by molar-refractivity contribution is 7.99. The van der Waals surface area contributed by atoms with Crippen LogP contribution in [0.4, 0.5) is 5.69 Å². The van der Waals surface area contributed by atoms with E-state index in [4.69, 9.17) is 0 Å². The van der Waals surface area contributed by atoms with Crippen molar-refractivity contribution in [2.45, 2.75) is 17.9 Å². The van der Waals surface area contributed by atoms with Crippen LogP contribution in [0.2, 0.25) is 0 Å². The van der Waals surface area contributed by atoms with Crippen molar-refractivity contribution in [2.75, 3.05) is 17.2 Å². The normalized spacial score (nSPS) is 14.2. The quantitative estimate of drug-likeness (QED) is 0.712. The Balaban J connectivity index is 1.67. The number of amides is 1. The lowest BCUT2D eigenvalue weighted by atomic mass is 10.2. The summed E-state index contributed by atoms with van der Waals surface area (Å²) in [4.78, 5) is 32.7. The molecule has 0 aliphatic carbocycles. The fourth-order valence-corrected chi connectivity index (χ4v) is 4.03. The van der Waals surface area contributed by atoms with E-state index in [9.17, 15) is 9.59 Å². The highest BCUT2D eigenvalue weighted by Gasteiger charge is 2.22. The molecule has 2 heterocycles. The van der Waals surface area contributed by atoms with Crippen LogP contribution in [0.15, 0.2) is 64.5 Å². The number of hydrogen-bond donors (Lipinski definition) is 0. The van der Waals surface area contributed by atoms with E-state index in [-0.39, 0.29) is 18.0 Å². The maximum Gasteiger partial charge on any atom is 0.261 e. The maximum absolute atomic E-state index is 12.9. The molecule has 0 unspecified atom stereocenters. The standard InChI is InChI=1S/C19H17N3O2S/c23-18(22-10-5-11-25-17-9-4-3-8-16(17)22)12-21-13-20-15-7-2-1-6-14(15)19(21)24/h1-4,6-9,13H,5,10-12H2. The summed E-state index contributed by atoms with van der Waals surface area (Å²) in [7, 11) is 0. The van der Waals surface area contributed by atoms with Crippen molar-refractivity contribution in [3.63, 3.8) is 0 Å². The van der Waals surface area contributed by atoms with E-state index in [1.165, 1.54) is 10.9 Å². The van der Waals surface area contributed by atoms with E-state index in [2.05, 4.69) is 4.98 Å². The maximum atomic E-state index is 12.9. The molecule has 25 heavy (non-hydrogen) atoms. The summed E-state index contributed by atoms with van der Waals surface area (Å²) in [5.74, 6) is 0.896. The number of para-hydroxylation sites is 2. The Bertz CT molecular complexity index is 999. The topological polar surface area (TPSA) is 55.2 Å². The van der Waals surface area contributed by atoms with Gasteiger partial charge in [0.1, 0.15) is 6.54 Å². The van der Waals surface area contributed by atoms with E-state index < -0.39 is 0 Å². The molecule has 0 N–H and O–H groups in total. The number of fused-ring (bicyclic) bond motifs is 2. The van der Waals surface area contributed by atoms with Gasteiger partial charge in [0.05, 0.1) is 22.9 Å². The minimum atomic E-state index is -0.184. The zero-order valence-corrected chi connectivity index (χ0v) is 14.4. The van der Waals surface area contributed by atoms with E-state index in [1.54, 1.807) is 34.9 Å². The summed E-state index contributed by atoms with van der Waals surface area (Å²) in [6.45, 7) is 0.661. The van der Waals surface area contributed by atoms with Crippen LogP contribution in [0.25, 0.3) is 10.9 Å². The second-order valence-electron chi connectivity index (χ2n) is 5.91. The van der Waals surface area contributed by atoms with Gasteiger partial charge in [-0.2, -0.15) is 0 Å². The number of aromatic nitrogens is 2. The Hall–Kier alpha value is -2.60. The van der Waals surface area contributed by atoms with E-state index in [0.29, 0.717) is 17.4 Å². The molecular weight excluding hydrogens is 334 g/mol. The van der Waals surface area contributed by atoms with Gasteiger partial charge < -0.3 is 4.90 Å². The van der Waals surface area contributed by atoms with E-state index in [0.717, 1.165) is 22.8 Å². The summed E-state index contributed by atoms with van der Waals surface area (Å²) in [5.41, 5.74) is 1.39. The molecule has 1 aromatic heterocycles. The largest absolute Gasteiger partial charge is 0.310 e. The summed E-state index contributed by atoms with van der Waals surface area (Å²) in [5, 5.41) is 0.532. The van der Waals surface area contributed by atoms with Crippen molar-refractivity contribution in [1.82, 2.24) is 9.55 Å². The number of thioether (sulfide) groups is 1. The first kappa shape index (κ1) is 15.9. The van der Waals surface area contributed by atoms with Crippen molar-refractivity contribution in [2.24, 2.45) is 0 Å². The van der Waals surface area contributed by atoms with Gasteiger partial charge in [0.2, 0.25) is 5.91 Å². The van der Waals surface area contributed by atoms with Crippen LogP contribution >= 0.6 is 11.8 Å². The number of benzene rings is 2. The number of rotatable bonds is 2. The second kappa shape index (κ2) is 6.72. The predicted octanol–water partition coefficient (Wildman–Crippen LogP) is 2.93. The molecule has 0 spiro atoms. The molecule has 0 atom stereocenters. The van der Waals surface area contributed by atoms with Crippen molar-refractivity contribution in [3.05, 3.63) is 65.2 Å². The number of carbonyl (C=O) groups is 1. The van der Waals surface area contributed by atoms with Gasteiger partial charge in [0, 0.05) is 11.4 Å². The van der Waals surface area contributed by atoms with Gasteiger partial charge in [-0.15, -0.1) is 11.8 Å². The summed E-state index contributed by atoms with van der Waals surface area (Å²) in [6.07, 6.45) is 2.39. The van der Waals surface area contributed by atoms with Crippen molar-refractivity contribution < 1.29 is 4.79 Å². The van der Waals surface area contributed by atoms with Gasteiger partial charge in [0.25, 0.3) is 5.56 Å². The zero-order valence-electron chi connectivity index (χ0n) is 13.6. The van der Waals surface area contributed by atoms with Crippen LogP contribution in [0.1, 0.15) is 6.42 Å². The van der Waals surface area contributed by atoms with E-state index >= 15 is 0 Å². The molecule has 126 valence electrons. The minimum absolute atomic E-state index is 0.00430. The average molecular weight is 351 g/mol. The summed E-state index contributed by atoms with van der Waals surface area (Å²) < 4.78 is 1.39. The van der Waals surface area contributed by atoms with Crippen LogP contribution < -0.4 is 10.5 Å². The molecule has 1 amide bonds. The lowest BCUT2D eigenvalue weighted by Gasteiger charge is -2.22. The molecule has 0 fully saturated rings. The molecule has 4 rings (SSSR count). The van der Waals surface area contributed by atoms with Gasteiger partial charge in [-0.3, -0.25) is 14.2 Å². The monoisotopic (exact) mass is 351 g/mol. The Morgan fingerprint density at radius 1 is 1.12 bits per heavy atom. The molecule has 6 heteroatoms. The number of hydrogen-bond acceptors (Lipinski definition) is 4. The molecule has 0 bridgehead atoms. The molecule has 1 aliphatic rings. The Kier molecular flexibility index (Phi) is 4.28. The smallest absolute Gasteiger partial charge is 0.261 e. The predicted molar refractivity (Wildman–Crippen MR) is 100 cm³/mol. The third kappa shape index (κ3) is 3.05. The average Bonchev–Trinajstić information content (AvgIpc) is 2.87. The second-order valence-corrected chi connectivity index (χ2v) is 7.05. The zero-order chi connectivity index (χ0) is 17.2. The van der Waals surface area contributed by atoms with Crippen LogP contribution in [0, 0.1) is 0 Å². The molecule has 2 aromatic carbocycles. The Morgan fingerprint density at radius 3 is 2.84 bits per heavy atom. The fraction of sp³-hybridized carbons (Fsp3) is 0.211. The highest BCUT2D eigenvalue weighted by atomic mass is 32.2. The first-order valence-electron chi connectivity index (χ1n) is 8.20. The third-order valence-electron chi connectivity index (χ3n) is 4.28. The SMILES string of the molecule is O=C(Cn1cnc2ccccc2c1=O)N1CCCSc2ccccc21. The number of carbonyl (C=O) groups excluding carboxylic acids is 1. The van der Waals surface area contributed by atoms with Crippen LogP contribution in [0.3, 0.4) is 0 Å². The van der Waals surface area contributed by atoms with Gasteiger partial charge in [0.15, 0.2) is 0 Å². The van der Waals surface area contributed by atoms with Crippen LogP contribution in [0.5, 0.6) is 0 Å². The van der Waals surface area contributed by atoms with Gasteiger partial charge in [-0.05, 0) is 36.4 Å². The highest BCUT2D eigenvalue weighted by Crippen LogP contribution is 2.33. The number of anilines is 1. The molecular formula is C19H17N3O2S. The van der Waals surface area contributed by atoms with Crippen molar-refractivity contribution in [1.29, 1.82) is 0 Å². The molecule has 3 aromatic rings. The Morgan fingerprint density at radius 2 is 1.92 bits per heavy atom. The third-order valence-corrected chi connectivity index (χ3v) is 5.43. The molecule has 1 aliphatic heterocycles. The van der Waals surface area contributed by atoms with Crippen LogP contribution in [-0.2, 0) is 11.3 Å². The Labute approximate surface area is 149 Å². The lowest BCUT2D eigenvalue weighted by molar-refractivity contribution is -0.119. The molecule has 0 radical (unpaired) electrons. The first-order chi connectivity index (χ1) is 12.2. The van der Waals surface area contributed by atoms with Crippen LogP contribution in [-0.4, -0.2) is 27.8 Å². The lowest BCUT2D eigenvalue weighted by Crippen LogP contribution is -2.37. The molecule has 0 saturated carbocycles. The van der Waals surface area contributed by atoms with Crippen molar-refractivity contribution >= 4 is 34.3 Å². The molecule has 5 nitrogen and oxygen atoms in total. The van der Waals surface area contributed by atoms with Gasteiger partial charge in [-0.1, -0.05) is 24.3 Å². The minimum Gasteiger partial charge on any atom is -0.310 e. The first-order valence-corrected chi connectivity index (χ1v) is 9.19.